The van der Waals surface area contributed by atoms with Crippen molar-refractivity contribution < 1.29 is 4.79 Å². The van der Waals surface area contributed by atoms with E-state index in [1.165, 1.54) is 32.4 Å². The van der Waals surface area contributed by atoms with E-state index in [2.05, 4.69) is 17.1 Å². The Kier molecular flexibility index (Phi) is 6.42. The minimum absolute atomic E-state index is 0.151. The summed E-state index contributed by atoms with van der Waals surface area (Å²) in [5, 5.41) is 3.21. The van der Waals surface area contributed by atoms with Crippen LogP contribution in [-0.2, 0) is 4.79 Å². The van der Waals surface area contributed by atoms with Crippen LogP contribution in [0.3, 0.4) is 0 Å². The summed E-state index contributed by atoms with van der Waals surface area (Å²) < 4.78 is 0. The zero-order chi connectivity index (χ0) is 11.8. The minimum atomic E-state index is -0.217. The fraction of sp³-hybridized carbons (Fsp3) is 0.917. The van der Waals surface area contributed by atoms with Crippen LogP contribution in [0.5, 0.6) is 0 Å². The fourth-order valence-electron chi connectivity index (χ4n) is 2.16. The van der Waals surface area contributed by atoms with Crippen molar-refractivity contribution in [2.75, 3.05) is 26.2 Å². The second kappa shape index (κ2) is 7.63. The Hall–Kier alpha value is -0.610. The molecular formula is C12H25N3O. The first-order valence-corrected chi connectivity index (χ1v) is 6.49. The highest BCUT2D eigenvalue weighted by Gasteiger charge is 2.16. The lowest BCUT2D eigenvalue weighted by Gasteiger charge is -2.27. The summed E-state index contributed by atoms with van der Waals surface area (Å²) in [6.45, 7) is 6.31. The van der Waals surface area contributed by atoms with E-state index in [4.69, 9.17) is 5.73 Å². The Labute approximate surface area is 98.6 Å². The molecule has 0 aliphatic carbocycles. The lowest BCUT2D eigenvalue weighted by Crippen LogP contribution is -2.44. The molecule has 94 valence electrons. The van der Waals surface area contributed by atoms with Crippen molar-refractivity contribution in [3.63, 3.8) is 0 Å². The molecule has 1 aliphatic heterocycles. The Morgan fingerprint density at radius 1 is 1.38 bits per heavy atom. The van der Waals surface area contributed by atoms with E-state index in [9.17, 15) is 4.79 Å². The lowest BCUT2D eigenvalue weighted by molar-refractivity contribution is -0.120. The van der Waals surface area contributed by atoms with Crippen molar-refractivity contribution in [2.24, 2.45) is 5.73 Å². The van der Waals surface area contributed by atoms with Gasteiger partial charge < -0.3 is 16.0 Å². The highest BCUT2D eigenvalue weighted by atomic mass is 16.1. The molecule has 1 amide bonds. The van der Waals surface area contributed by atoms with Crippen molar-refractivity contribution in [1.29, 1.82) is 0 Å². The third-order valence-electron chi connectivity index (χ3n) is 3.17. The van der Waals surface area contributed by atoms with Gasteiger partial charge in [-0.05, 0) is 45.3 Å². The number of likely N-dealkylation sites (tertiary alicyclic amines) is 1. The number of amides is 1. The predicted molar refractivity (Wildman–Crippen MR) is 66.2 cm³/mol. The average Bonchev–Trinajstić information content (AvgIpc) is 2.30. The van der Waals surface area contributed by atoms with Gasteiger partial charge in [0.05, 0.1) is 6.04 Å². The normalized spacial score (nSPS) is 19.6. The van der Waals surface area contributed by atoms with Crippen molar-refractivity contribution in [3.05, 3.63) is 0 Å². The monoisotopic (exact) mass is 227 g/mol. The van der Waals surface area contributed by atoms with Crippen molar-refractivity contribution >= 4 is 5.91 Å². The fourth-order valence-corrected chi connectivity index (χ4v) is 2.16. The summed E-state index contributed by atoms with van der Waals surface area (Å²) in [7, 11) is 0. The van der Waals surface area contributed by atoms with E-state index in [0.717, 1.165) is 25.9 Å². The molecule has 1 saturated heterocycles. The molecule has 0 aromatic heterocycles. The van der Waals surface area contributed by atoms with Crippen LogP contribution in [0.2, 0.25) is 0 Å². The second-order valence-electron chi connectivity index (χ2n) is 4.60. The largest absolute Gasteiger partial charge is 0.368 e. The van der Waals surface area contributed by atoms with Crippen LogP contribution < -0.4 is 11.1 Å². The van der Waals surface area contributed by atoms with Crippen LogP contribution in [0.15, 0.2) is 0 Å². The maximum Gasteiger partial charge on any atom is 0.234 e. The third kappa shape index (κ3) is 4.94. The molecule has 0 spiro atoms. The van der Waals surface area contributed by atoms with Gasteiger partial charge in [-0.15, -0.1) is 0 Å². The van der Waals surface area contributed by atoms with Crippen molar-refractivity contribution in [1.82, 2.24) is 10.2 Å². The highest BCUT2D eigenvalue weighted by Crippen LogP contribution is 2.09. The summed E-state index contributed by atoms with van der Waals surface area (Å²) >= 11 is 0. The molecule has 1 unspecified atom stereocenters. The molecule has 0 bridgehead atoms. The summed E-state index contributed by atoms with van der Waals surface area (Å²) in [5.74, 6) is -0.217. The maximum atomic E-state index is 11.2. The minimum Gasteiger partial charge on any atom is -0.368 e. The van der Waals surface area contributed by atoms with Crippen LogP contribution >= 0.6 is 0 Å². The number of piperidine rings is 1. The number of rotatable bonds is 7. The predicted octanol–water partition coefficient (Wildman–Crippen LogP) is 0.716. The van der Waals surface area contributed by atoms with E-state index >= 15 is 0 Å². The molecule has 1 aliphatic rings. The van der Waals surface area contributed by atoms with Crippen molar-refractivity contribution in [2.45, 2.75) is 45.1 Å². The molecule has 1 heterocycles. The molecular weight excluding hydrogens is 202 g/mol. The van der Waals surface area contributed by atoms with Crippen LogP contribution in [0.1, 0.15) is 39.0 Å². The van der Waals surface area contributed by atoms with Gasteiger partial charge in [-0.3, -0.25) is 4.79 Å². The van der Waals surface area contributed by atoms with Gasteiger partial charge in [0.2, 0.25) is 5.91 Å². The third-order valence-corrected chi connectivity index (χ3v) is 3.17. The number of carbonyl (C=O) groups excluding carboxylic acids is 1. The summed E-state index contributed by atoms with van der Waals surface area (Å²) in [5.41, 5.74) is 5.37. The molecule has 4 nitrogen and oxygen atoms in total. The molecule has 3 N–H and O–H groups in total. The van der Waals surface area contributed by atoms with E-state index in [-0.39, 0.29) is 11.9 Å². The van der Waals surface area contributed by atoms with Gasteiger partial charge in [-0.2, -0.15) is 0 Å². The molecule has 0 radical (unpaired) electrons. The molecule has 1 fully saturated rings. The quantitative estimate of drug-likeness (QED) is 0.673. The smallest absolute Gasteiger partial charge is 0.234 e. The highest BCUT2D eigenvalue weighted by molar-refractivity contribution is 5.79. The van der Waals surface area contributed by atoms with E-state index in [0.29, 0.717) is 0 Å². The van der Waals surface area contributed by atoms with Gasteiger partial charge in [-0.25, -0.2) is 0 Å². The number of hydrogen-bond donors (Lipinski definition) is 2. The Morgan fingerprint density at radius 2 is 2.06 bits per heavy atom. The van der Waals surface area contributed by atoms with Gasteiger partial charge in [0, 0.05) is 6.54 Å². The number of primary amides is 1. The maximum absolute atomic E-state index is 11.2. The van der Waals surface area contributed by atoms with Crippen LogP contribution in [0.4, 0.5) is 0 Å². The van der Waals surface area contributed by atoms with Gasteiger partial charge in [0.15, 0.2) is 0 Å². The molecule has 16 heavy (non-hydrogen) atoms. The summed E-state index contributed by atoms with van der Waals surface area (Å²) in [6, 6.07) is -0.151. The zero-order valence-corrected chi connectivity index (χ0v) is 10.4. The van der Waals surface area contributed by atoms with Crippen LogP contribution in [0.25, 0.3) is 0 Å². The van der Waals surface area contributed by atoms with E-state index in [1.54, 1.807) is 0 Å². The number of hydrogen-bond acceptors (Lipinski definition) is 3. The Balaban J connectivity index is 2.22. The van der Waals surface area contributed by atoms with Gasteiger partial charge in [-0.1, -0.05) is 13.3 Å². The number of carbonyl (C=O) groups is 1. The van der Waals surface area contributed by atoms with E-state index < -0.39 is 0 Å². The van der Waals surface area contributed by atoms with Gasteiger partial charge in [0.25, 0.3) is 0 Å². The summed E-state index contributed by atoms with van der Waals surface area (Å²) in [6.07, 6.45) is 5.82. The molecule has 0 saturated carbocycles. The van der Waals surface area contributed by atoms with Crippen LogP contribution in [0, 0.1) is 0 Å². The van der Waals surface area contributed by atoms with Crippen molar-refractivity contribution in [3.8, 4) is 0 Å². The molecule has 4 heteroatoms. The Morgan fingerprint density at radius 3 is 2.62 bits per heavy atom. The first-order chi connectivity index (χ1) is 7.74. The average molecular weight is 227 g/mol. The molecule has 0 aromatic carbocycles. The standard InChI is InChI=1S/C12H25N3O/c1-2-7-14-11(12(13)16)6-10-15-8-4-3-5-9-15/h11,14H,2-10H2,1H3,(H2,13,16). The van der Waals surface area contributed by atoms with E-state index in [1.807, 2.05) is 0 Å². The van der Waals surface area contributed by atoms with Gasteiger partial charge in [0.1, 0.15) is 0 Å². The number of nitrogens with one attached hydrogen (secondary N) is 1. The number of nitrogens with zero attached hydrogens (tertiary/aromatic N) is 1. The second-order valence-corrected chi connectivity index (χ2v) is 4.60. The summed E-state index contributed by atoms with van der Waals surface area (Å²) in [4.78, 5) is 13.7. The molecule has 1 atom stereocenters. The number of nitrogens with two attached hydrogens (primary N) is 1. The molecule has 0 aromatic rings. The first kappa shape index (κ1) is 13.5. The van der Waals surface area contributed by atoms with Gasteiger partial charge >= 0.3 is 0 Å². The zero-order valence-electron chi connectivity index (χ0n) is 10.4. The lowest BCUT2D eigenvalue weighted by atomic mass is 10.1. The van der Waals surface area contributed by atoms with Crippen LogP contribution in [-0.4, -0.2) is 43.0 Å². The first-order valence-electron chi connectivity index (χ1n) is 6.49. The Bertz CT molecular complexity index is 202. The topological polar surface area (TPSA) is 58.4 Å². The molecule has 1 rings (SSSR count). The SMILES string of the molecule is CCCNC(CCN1CCCCC1)C(N)=O.